The van der Waals surface area contributed by atoms with Gasteiger partial charge in [-0.15, -0.1) is 0 Å². The van der Waals surface area contributed by atoms with Crippen molar-refractivity contribution in [2.75, 3.05) is 32.8 Å². The summed E-state index contributed by atoms with van der Waals surface area (Å²) in [5.74, 6) is -0.734. The molecule has 0 spiro atoms. The van der Waals surface area contributed by atoms with E-state index in [2.05, 4.69) is 85.7 Å². The minimum atomic E-state index is -0.628. The van der Waals surface area contributed by atoms with E-state index in [1.165, 1.54) is 17.2 Å². The Labute approximate surface area is 338 Å². The number of hydrogen-bond acceptors (Lipinski definition) is 9. The summed E-state index contributed by atoms with van der Waals surface area (Å²) >= 11 is 0. The van der Waals surface area contributed by atoms with Gasteiger partial charge >= 0.3 is 0 Å². The Balaban J connectivity index is 0.949. The maximum absolute atomic E-state index is 14.6. The number of para-hydroxylation sites is 1. The molecule has 0 bridgehead atoms. The van der Waals surface area contributed by atoms with Crippen LogP contribution in [0.4, 0.5) is 4.39 Å². The molecule has 4 heterocycles. The molecule has 3 fully saturated rings. The molecule has 2 aromatic heterocycles. The Morgan fingerprint density at radius 1 is 0.879 bits per heavy atom. The predicted molar refractivity (Wildman–Crippen MR) is 221 cm³/mol. The lowest BCUT2D eigenvalue weighted by atomic mass is 9.90. The third-order valence-corrected chi connectivity index (χ3v) is 11.6. The molecular formula is C45H53FN8O4. The lowest BCUT2D eigenvalue weighted by molar-refractivity contribution is -0.00431. The number of carbonyl (C=O) groups excluding carboxylic acids is 2. The highest BCUT2D eigenvalue weighted by atomic mass is 19.1. The topological polar surface area (TPSA) is 137 Å². The number of hydrogen-bond donors (Lipinski definition) is 4. The largest absolute Gasteiger partial charge is 0.438 e. The number of piperazine rings is 1. The number of amides is 2. The lowest BCUT2D eigenvalue weighted by Gasteiger charge is -2.36. The highest BCUT2D eigenvalue weighted by Gasteiger charge is 2.27. The van der Waals surface area contributed by atoms with Crippen LogP contribution in [-0.4, -0.2) is 99.6 Å². The average Bonchev–Trinajstić information content (AvgIpc) is 3.70. The molecule has 1 saturated carbocycles. The van der Waals surface area contributed by atoms with Gasteiger partial charge in [0.25, 0.3) is 11.8 Å². The molecule has 304 valence electrons. The van der Waals surface area contributed by atoms with Crippen LogP contribution in [-0.2, 0) is 17.8 Å². The van der Waals surface area contributed by atoms with E-state index in [9.17, 15) is 14.0 Å². The Bertz CT molecular complexity index is 2230. The Morgan fingerprint density at radius 3 is 2.38 bits per heavy atom. The number of carbonyl (C=O) groups is 2. The van der Waals surface area contributed by atoms with Gasteiger partial charge in [0, 0.05) is 62.9 Å². The summed E-state index contributed by atoms with van der Waals surface area (Å²) in [6, 6.07) is 22.2. The van der Waals surface area contributed by atoms with E-state index in [0.29, 0.717) is 73.9 Å². The first-order chi connectivity index (χ1) is 28.1. The van der Waals surface area contributed by atoms with Crippen molar-refractivity contribution in [3.8, 4) is 22.8 Å². The van der Waals surface area contributed by atoms with E-state index < -0.39 is 11.7 Å². The Morgan fingerprint density at radius 2 is 1.62 bits per heavy atom. The summed E-state index contributed by atoms with van der Waals surface area (Å²) in [6.07, 6.45) is 5.33. The van der Waals surface area contributed by atoms with E-state index in [1.807, 2.05) is 30.3 Å². The van der Waals surface area contributed by atoms with Crippen LogP contribution in [0.25, 0.3) is 22.2 Å². The summed E-state index contributed by atoms with van der Waals surface area (Å²) in [5, 5.41) is 9.83. The fourth-order valence-electron chi connectivity index (χ4n) is 8.77. The number of nitrogens with zero attached hydrogens (tertiary/aromatic N) is 4. The van der Waals surface area contributed by atoms with Crippen LogP contribution in [0, 0.1) is 5.82 Å². The highest BCUT2D eigenvalue weighted by molar-refractivity contribution is 6.04. The van der Waals surface area contributed by atoms with Crippen molar-refractivity contribution in [3.05, 3.63) is 107 Å². The van der Waals surface area contributed by atoms with E-state index in [1.54, 1.807) is 12.4 Å². The predicted octanol–water partition coefficient (Wildman–Crippen LogP) is 6.43. The molecule has 2 amide bonds. The SMILES string of the molecule is C[C@@H]1CN(Cc2ccc(-c3cccc(Oc4ncc(F)cc4C(=O)N[C@H]4CC[C@H](NC(=O)c5cccc6[nH]cnc56)CC4)c3)c(CN3CCOC[C@@H]3C)c2)C[C@H](C)N1. The van der Waals surface area contributed by atoms with E-state index in [-0.39, 0.29) is 29.4 Å². The average molecular weight is 789 g/mol. The van der Waals surface area contributed by atoms with Crippen molar-refractivity contribution in [3.63, 3.8) is 0 Å². The highest BCUT2D eigenvalue weighted by Crippen LogP contribution is 2.33. The third kappa shape index (κ3) is 9.39. The van der Waals surface area contributed by atoms with Crippen molar-refractivity contribution in [2.45, 2.75) is 89.8 Å². The summed E-state index contributed by atoms with van der Waals surface area (Å²) < 4.78 is 26.7. The molecule has 1 aliphatic carbocycles. The summed E-state index contributed by atoms with van der Waals surface area (Å²) in [6.45, 7) is 12.7. The van der Waals surface area contributed by atoms with Gasteiger partial charge < -0.3 is 30.4 Å². The van der Waals surface area contributed by atoms with Gasteiger partial charge in [-0.25, -0.2) is 14.4 Å². The number of pyridine rings is 1. The standard InChI is InChI=1S/C45H53FN8O4/c1-28-22-53(23-29(2)50-28)24-31-10-15-38(33(18-31)25-54-16-17-57-26-30(54)3)32-6-4-7-37(19-32)58-45-40(20-34(46)21-47-45)44(56)52-36-13-11-35(12-14-36)51-43(55)39-8-5-9-41-42(39)49-27-48-41/h4-10,15,18-21,27-30,35-36,50H,11-14,16-17,22-26H2,1-3H3,(H,48,49)(H,51,55)(H,52,56)/t28-,29+,30-,35-,36-/m0/s1. The molecular weight excluding hydrogens is 736 g/mol. The fourth-order valence-corrected chi connectivity index (χ4v) is 8.77. The molecule has 58 heavy (non-hydrogen) atoms. The number of nitrogens with one attached hydrogen (secondary N) is 4. The van der Waals surface area contributed by atoms with Crippen LogP contribution in [0.2, 0.25) is 0 Å². The van der Waals surface area contributed by atoms with Gasteiger partial charge in [-0.3, -0.25) is 19.4 Å². The van der Waals surface area contributed by atoms with Crippen molar-refractivity contribution < 1.29 is 23.5 Å². The lowest BCUT2D eigenvalue weighted by Crippen LogP contribution is -2.53. The molecule has 2 saturated heterocycles. The molecule has 0 unspecified atom stereocenters. The van der Waals surface area contributed by atoms with E-state index in [0.717, 1.165) is 55.6 Å². The van der Waals surface area contributed by atoms with Gasteiger partial charge in [-0.2, -0.15) is 0 Å². The number of imidazole rings is 1. The number of ether oxygens (including phenoxy) is 2. The number of rotatable bonds is 11. The van der Waals surface area contributed by atoms with Gasteiger partial charge in [0.1, 0.15) is 22.6 Å². The van der Waals surface area contributed by atoms with Crippen molar-refractivity contribution in [1.82, 2.24) is 40.7 Å². The van der Waals surface area contributed by atoms with Crippen LogP contribution in [0.15, 0.2) is 79.3 Å². The van der Waals surface area contributed by atoms with Crippen molar-refractivity contribution in [1.29, 1.82) is 0 Å². The fraction of sp³-hybridized carbons (Fsp3) is 0.422. The smallest absolute Gasteiger partial charge is 0.257 e. The number of aromatic nitrogens is 3. The zero-order valence-electron chi connectivity index (χ0n) is 33.5. The summed E-state index contributed by atoms with van der Waals surface area (Å²) in [7, 11) is 0. The van der Waals surface area contributed by atoms with Crippen molar-refractivity contribution in [2.24, 2.45) is 0 Å². The van der Waals surface area contributed by atoms with Gasteiger partial charge in [0.2, 0.25) is 5.88 Å². The Kier molecular flexibility index (Phi) is 12.1. The molecule has 3 atom stereocenters. The zero-order valence-corrected chi connectivity index (χ0v) is 33.5. The molecule has 2 aliphatic heterocycles. The molecule has 12 nitrogen and oxygen atoms in total. The number of H-pyrrole nitrogens is 1. The van der Waals surface area contributed by atoms with Gasteiger partial charge in [0.15, 0.2) is 0 Å². The minimum Gasteiger partial charge on any atom is -0.438 e. The minimum absolute atomic E-state index is 0.0239. The number of fused-ring (bicyclic) bond motifs is 1. The van der Waals surface area contributed by atoms with E-state index >= 15 is 0 Å². The quantitative estimate of drug-likeness (QED) is 0.119. The third-order valence-electron chi connectivity index (χ3n) is 11.6. The maximum atomic E-state index is 14.6. The Hall–Kier alpha value is -5.21. The number of aromatic amines is 1. The molecule has 4 N–H and O–H groups in total. The van der Waals surface area contributed by atoms with Crippen LogP contribution < -0.4 is 20.7 Å². The summed E-state index contributed by atoms with van der Waals surface area (Å²) in [5.41, 5.74) is 6.57. The molecule has 5 aromatic rings. The second kappa shape index (κ2) is 17.7. The number of benzene rings is 3. The van der Waals surface area contributed by atoms with Crippen LogP contribution >= 0.6 is 0 Å². The molecule has 8 rings (SSSR count). The zero-order chi connectivity index (χ0) is 40.2. The maximum Gasteiger partial charge on any atom is 0.257 e. The first-order valence-electron chi connectivity index (χ1n) is 20.5. The van der Waals surface area contributed by atoms with E-state index in [4.69, 9.17) is 9.47 Å². The van der Waals surface area contributed by atoms with Crippen LogP contribution in [0.3, 0.4) is 0 Å². The molecule has 13 heteroatoms. The van der Waals surface area contributed by atoms with Crippen molar-refractivity contribution >= 4 is 22.8 Å². The van der Waals surface area contributed by atoms with Gasteiger partial charge in [0.05, 0.1) is 36.8 Å². The number of morpholine rings is 1. The second-order valence-electron chi connectivity index (χ2n) is 16.3. The molecule has 3 aromatic carbocycles. The van der Waals surface area contributed by atoms with Crippen LogP contribution in [0.1, 0.15) is 78.3 Å². The summed E-state index contributed by atoms with van der Waals surface area (Å²) in [4.78, 5) is 43.3. The molecule has 3 aliphatic rings. The first kappa shape index (κ1) is 39.6. The normalized spacial score (nSPS) is 23.1. The molecule has 0 radical (unpaired) electrons. The van der Waals surface area contributed by atoms with Gasteiger partial charge in [-0.05, 0) is 99.0 Å². The van der Waals surface area contributed by atoms with Gasteiger partial charge in [-0.1, -0.05) is 36.4 Å². The van der Waals surface area contributed by atoms with Crippen LogP contribution in [0.5, 0.6) is 11.6 Å². The number of halogens is 1. The second-order valence-corrected chi connectivity index (χ2v) is 16.3. The first-order valence-corrected chi connectivity index (χ1v) is 20.5. The monoisotopic (exact) mass is 788 g/mol.